The van der Waals surface area contributed by atoms with E-state index >= 15 is 0 Å². The van der Waals surface area contributed by atoms with Crippen LogP contribution in [0.4, 0.5) is 5.82 Å². The first-order valence-electron chi connectivity index (χ1n) is 4.63. The molecule has 0 aliphatic carbocycles. The second-order valence-electron chi connectivity index (χ2n) is 3.22. The largest absolute Gasteiger partial charge is 0.356 e. The minimum Gasteiger partial charge on any atom is -0.356 e. The Balaban J connectivity index is 2.29. The molecule has 1 aliphatic heterocycles. The van der Waals surface area contributed by atoms with Crippen molar-refractivity contribution < 1.29 is 0 Å². The Bertz CT molecular complexity index is 326. The van der Waals surface area contributed by atoms with E-state index < -0.39 is 0 Å². The fourth-order valence-corrected chi connectivity index (χ4v) is 2.37. The zero-order valence-corrected chi connectivity index (χ0v) is 10.4. The maximum atomic E-state index is 4.50. The summed E-state index contributed by atoms with van der Waals surface area (Å²) < 4.78 is 0.997. The predicted octanol–water partition coefficient (Wildman–Crippen LogP) is 2.56. The van der Waals surface area contributed by atoms with E-state index in [1.54, 1.807) is 11.8 Å². The fraction of sp³-hybridized carbons (Fsp3) is 0.556. The van der Waals surface area contributed by atoms with Crippen molar-refractivity contribution in [3.63, 3.8) is 0 Å². The van der Waals surface area contributed by atoms with Gasteiger partial charge in [0.05, 0.1) is 4.47 Å². The number of aromatic nitrogens is 2. The average molecular weight is 274 g/mol. The number of halogens is 1. The molecule has 0 saturated carbocycles. The number of thioether (sulfide) groups is 1. The third kappa shape index (κ3) is 2.03. The van der Waals surface area contributed by atoms with E-state index in [1.165, 1.54) is 12.8 Å². The van der Waals surface area contributed by atoms with Crippen LogP contribution in [0.5, 0.6) is 0 Å². The van der Waals surface area contributed by atoms with Crippen molar-refractivity contribution in [3.8, 4) is 0 Å². The lowest BCUT2D eigenvalue weighted by atomic mass is 10.4. The van der Waals surface area contributed by atoms with E-state index in [2.05, 4.69) is 30.8 Å². The number of rotatable bonds is 2. The van der Waals surface area contributed by atoms with Crippen molar-refractivity contribution in [1.82, 2.24) is 9.97 Å². The van der Waals surface area contributed by atoms with E-state index in [1.807, 2.05) is 12.5 Å². The molecule has 1 fully saturated rings. The molecule has 76 valence electrons. The van der Waals surface area contributed by atoms with E-state index in [0.29, 0.717) is 0 Å². The molecule has 1 saturated heterocycles. The Hall–Kier alpha value is -0.290. The first-order valence-corrected chi connectivity index (χ1v) is 6.64. The molecule has 14 heavy (non-hydrogen) atoms. The molecule has 1 aromatic heterocycles. The smallest absolute Gasteiger partial charge is 0.189 e. The van der Waals surface area contributed by atoms with Crippen LogP contribution in [0, 0.1) is 0 Å². The van der Waals surface area contributed by atoms with Crippen molar-refractivity contribution in [2.45, 2.75) is 18.0 Å². The topological polar surface area (TPSA) is 29.0 Å². The van der Waals surface area contributed by atoms with Crippen LogP contribution in [-0.2, 0) is 0 Å². The monoisotopic (exact) mass is 273 g/mol. The van der Waals surface area contributed by atoms with Gasteiger partial charge < -0.3 is 4.90 Å². The molecule has 1 aliphatic rings. The predicted molar refractivity (Wildman–Crippen MR) is 63.0 cm³/mol. The first-order chi connectivity index (χ1) is 6.81. The van der Waals surface area contributed by atoms with Gasteiger partial charge in [0, 0.05) is 19.3 Å². The van der Waals surface area contributed by atoms with Gasteiger partial charge in [-0.15, -0.1) is 0 Å². The molecule has 0 unspecified atom stereocenters. The quantitative estimate of drug-likeness (QED) is 0.612. The number of hydrogen-bond acceptors (Lipinski definition) is 4. The maximum Gasteiger partial charge on any atom is 0.189 e. The van der Waals surface area contributed by atoms with Gasteiger partial charge in [-0.3, -0.25) is 0 Å². The number of nitrogens with zero attached hydrogens (tertiary/aromatic N) is 3. The highest BCUT2D eigenvalue weighted by molar-refractivity contribution is 9.10. The molecule has 0 aromatic carbocycles. The molecule has 0 atom stereocenters. The fourth-order valence-electron chi connectivity index (χ4n) is 1.59. The maximum absolute atomic E-state index is 4.50. The van der Waals surface area contributed by atoms with Gasteiger partial charge in [0.25, 0.3) is 0 Å². The molecule has 5 heteroatoms. The van der Waals surface area contributed by atoms with E-state index in [-0.39, 0.29) is 0 Å². The van der Waals surface area contributed by atoms with Crippen molar-refractivity contribution in [2.24, 2.45) is 0 Å². The second kappa shape index (κ2) is 4.49. The van der Waals surface area contributed by atoms with Crippen LogP contribution in [0.2, 0.25) is 0 Å². The highest BCUT2D eigenvalue weighted by Gasteiger charge is 2.16. The molecule has 0 spiro atoms. The summed E-state index contributed by atoms with van der Waals surface area (Å²) in [6.45, 7) is 2.23. The summed E-state index contributed by atoms with van der Waals surface area (Å²) in [4.78, 5) is 11.0. The van der Waals surface area contributed by atoms with Crippen molar-refractivity contribution in [3.05, 3.63) is 10.7 Å². The Labute approximate surface area is 96.4 Å². The lowest BCUT2D eigenvalue weighted by Gasteiger charge is -2.17. The lowest BCUT2D eigenvalue weighted by Crippen LogP contribution is -2.19. The molecule has 1 aromatic rings. The summed E-state index contributed by atoms with van der Waals surface area (Å²) in [7, 11) is 0. The van der Waals surface area contributed by atoms with Crippen LogP contribution >= 0.6 is 27.7 Å². The lowest BCUT2D eigenvalue weighted by molar-refractivity contribution is 0.872. The SMILES string of the molecule is CSc1ncc(Br)c(N2CCCC2)n1. The van der Waals surface area contributed by atoms with Gasteiger partial charge in [-0.1, -0.05) is 11.8 Å². The summed E-state index contributed by atoms with van der Waals surface area (Å²) in [5.41, 5.74) is 0. The first kappa shape index (κ1) is 10.2. The molecule has 0 amide bonds. The highest BCUT2D eigenvalue weighted by atomic mass is 79.9. The zero-order chi connectivity index (χ0) is 9.97. The zero-order valence-electron chi connectivity index (χ0n) is 8.03. The van der Waals surface area contributed by atoms with Crippen molar-refractivity contribution in [2.75, 3.05) is 24.2 Å². The molecule has 2 rings (SSSR count). The van der Waals surface area contributed by atoms with Crippen LogP contribution < -0.4 is 4.90 Å². The third-order valence-electron chi connectivity index (χ3n) is 2.29. The third-order valence-corrected chi connectivity index (χ3v) is 3.41. The minimum absolute atomic E-state index is 0.843. The summed E-state index contributed by atoms with van der Waals surface area (Å²) in [6, 6.07) is 0. The van der Waals surface area contributed by atoms with Gasteiger partial charge in [-0.05, 0) is 35.0 Å². The molecule has 0 N–H and O–H groups in total. The summed E-state index contributed by atoms with van der Waals surface area (Å²) in [6.07, 6.45) is 6.37. The van der Waals surface area contributed by atoms with Crippen LogP contribution in [0.15, 0.2) is 15.8 Å². The van der Waals surface area contributed by atoms with Gasteiger partial charge in [-0.25, -0.2) is 9.97 Å². The average Bonchev–Trinajstić information content (AvgIpc) is 2.71. The molecule has 0 bridgehead atoms. The Morgan fingerprint density at radius 1 is 1.43 bits per heavy atom. The normalized spacial score (nSPS) is 16.3. The summed E-state index contributed by atoms with van der Waals surface area (Å²) in [5.74, 6) is 1.04. The van der Waals surface area contributed by atoms with E-state index in [4.69, 9.17) is 0 Å². The summed E-state index contributed by atoms with van der Waals surface area (Å²) in [5, 5.41) is 0.843. The highest BCUT2D eigenvalue weighted by Crippen LogP contribution is 2.27. The van der Waals surface area contributed by atoms with E-state index in [0.717, 1.165) is 28.5 Å². The van der Waals surface area contributed by atoms with Crippen LogP contribution in [0.3, 0.4) is 0 Å². The van der Waals surface area contributed by atoms with Gasteiger partial charge in [0.1, 0.15) is 5.82 Å². The Kier molecular flexibility index (Phi) is 3.28. The molecular weight excluding hydrogens is 262 g/mol. The number of hydrogen-bond donors (Lipinski definition) is 0. The molecule has 0 radical (unpaired) electrons. The van der Waals surface area contributed by atoms with Crippen LogP contribution in [0.1, 0.15) is 12.8 Å². The Morgan fingerprint density at radius 3 is 2.79 bits per heavy atom. The van der Waals surface area contributed by atoms with Gasteiger partial charge >= 0.3 is 0 Å². The summed E-state index contributed by atoms with van der Waals surface area (Å²) >= 11 is 5.07. The Morgan fingerprint density at radius 2 is 2.14 bits per heavy atom. The van der Waals surface area contributed by atoms with Crippen LogP contribution in [0.25, 0.3) is 0 Å². The van der Waals surface area contributed by atoms with Crippen molar-refractivity contribution in [1.29, 1.82) is 0 Å². The minimum atomic E-state index is 0.843. The molecular formula is C9H12BrN3S. The van der Waals surface area contributed by atoms with Gasteiger partial charge in [0.2, 0.25) is 0 Å². The van der Waals surface area contributed by atoms with Crippen LogP contribution in [-0.4, -0.2) is 29.3 Å². The molecule has 2 heterocycles. The number of anilines is 1. The molecule has 3 nitrogen and oxygen atoms in total. The van der Waals surface area contributed by atoms with Gasteiger partial charge in [0.15, 0.2) is 5.16 Å². The second-order valence-corrected chi connectivity index (χ2v) is 4.85. The standard InChI is InChI=1S/C9H12BrN3S/c1-14-9-11-6-7(10)8(12-9)13-4-2-3-5-13/h6H,2-5H2,1H3. The van der Waals surface area contributed by atoms with Gasteiger partial charge in [-0.2, -0.15) is 0 Å². The van der Waals surface area contributed by atoms with Crippen molar-refractivity contribution >= 4 is 33.5 Å². The van der Waals surface area contributed by atoms with E-state index in [9.17, 15) is 0 Å².